The fourth-order valence-corrected chi connectivity index (χ4v) is 3.53. The van der Waals surface area contributed by atoms with Gasteiger partial charge < -0.3 is 10.6 Å². The molecule has 2 N–H and O–H groups in total. The van der Waals surface area contributed by atoms with E-state index in [9.17, 15) is 0 Å². The summed E-state index contributed by atoms with van der Waals surface area (Å²) in [6.07, 6.45) is 2.07. The van der Waals surface area contributed by atoms with Crippen LogP contribution < -0.4 is 5.73 Å². The second-order valence-corrected chi connectivity index (χ2v) is 6.07. The molecular formula is C12H21ClN2S. The lowest BCUT2D eigenvalue weighted by Crippen LogP contribution is -2.51. The summed E-state index contributed by atoms with van der Waals surface area (Å²) in [5, 5.41) is 0. The van der Waals surface area contributed by atoms with Gasteiger partial charge in [0.15, 0.2) is 0 Å². The molecule has 92 valence electrons. The second-order valence-electron chi connectivity index (χ2n) is 4.32. The Morgan fingerprint density at radius 1 is 1.38 bits per heavy atom. The standard InChI is InChI=1S/C12H21ClN2S/c1-5-12(6-2,15(3)4)11(14)9-7-8-10(13)16-9/h7-8,11H,5-6,14H2,1-4H3. The molecule has 0 aliphatic carbocycles. The highest BCUT2D eigenvalue weighted by Gasteiger charge is 2.37. The van der Waals surface area contributed by atoms with Crippen LogP contribution in [0.4, 0.5) is 0 Å². The molecule has 4 heteroatoms. The van der Waals surface area contributed by atoms with E-state index in [1.54, 1.807) is 11.3 Å². The lowest BCUT2D eigenvalue weighted by molar-refractivity contribution is 0.107. The van der Waals surface area contributed by atoms with Crippen LogP contribution in [0.5, 0.6) is 0 Å². The number of nitrogens with two attached hydrogens (primary N) is 1. The molecule has 1 aromatic rings. The monoisotopic (exact) mass is 260 g/mol. The zero-order valence-electron chi connectivity index (χ0n) is 10.5. The first-order chi connectivity index (χ1) is 7.47. The van der Waals surface area contributed by atoms with E-state index in [-0.39, 0.29) is 11.6 Å². The van der Waals surface area contributed by atoms with E-state index in [4.69, 9.17) is 17.3 Å². The van der Waals surface area contributed by atoms with Crippen molar-refractivity contribution >= 4 is 22.9 Å². The summed E-state index contributed by atoms with van der Waals surface area (Å²) >= 11 is 7.55. The lowest BCUT2D eigenvalue weighted by Gasteiger charge is -2.43. The van der Waals surface area contributed by atoms with Crippen molar-refractivity contribution < 1.29 is 0 Å². The Morgan fingerprint density at radius 2 is 1.94 bits per heavy atom. The van der Waals surface area contributed by atoms with E-state index in [1.165, 1.54) is 4.88 Å². The summed E-state index contributed by atoms with van der Waals surface area (Å²) in [6.45, 7) is 4.39. The van der Waals surface area contributed by atoms with Crippen molar-refractivity contribution in [2.24, 2.45) is 5.73 Å². The molecule has 1 unspecified atom stereocenters. The second kappa shape index (κ2) is 5.50. The van der Waals surface area contributed by atoms with Gasteiger partial charge in [-0.2, -0.15) is 0 Å². The summed E-state index contributed by atoms with van der Waals surface area (Å²) in [6, 6.07) is 3.99. The number of hydrogen-bond donors (Lipinski definition) is 1. The van der Waals surface area contributed by atoms with Crippen LogP contribution in [0.1, 0.15) is 37.6 Å². The van der Waals surface area contributed by atoms with Gasteiger partial charge in [0.2, 0.25) is 0 Å². The van der Waals surface area contributed by atoms with E-state index in [0.717, 1.165) is 17.2 Å². The van der Waals surface area contributed by atoms with Crippen molar-refractivity contribution in [2.75, 3.05) is 14.1 Å². The van der Waals surface area contributed by atoms with Crippen molar-refractivity contribution in [3.63, 3.8) is 0 Å². The Kier molecular flexibility index (Phi) is 4.80. The fourth-order valence-electron chi connectivity index (χ4n) is 2.36. The quantitative estimate of drug-likeness (QED) is 0.878. The summed E-state index contributed by atoms with van der Waals surface area (Å²) in [7, 11) is 4.20. The Labute approximate surface area is 107 Å². The van der Waals surface area contributed by atoms with Crippen LogP contribution in [0.15, 0.2) is 12.1 Å². The minimum atomic E-state index is 0.0220. The van der Waals surface area contributed by atoms with E-state index in [0.29, 0.717) is 0 Å². The SMILES string of the molecule is CCC(CC)(C(N)c1ccc(Cl)s1)N(C)C. The van der Waals surface area contributed by atoms with Gasteiger partial charge in [0.1, 0.15) is 0 Å². The van der Waals surface area contributed by atoms with Crippen LogP contribution in [-0.2, 0) is 0 Å². The highest BCUT2D eigenvalue weighted by Crippen LogP contribution is 2.37. The molecule has 0 fully saturated rings. The third-order valence-corrected chi connectivity index (χ3v) is 4.91. The van der Waals surface area contributed by atoms with Gasteiger partial charge in [-0.3, -0.25) is 0 Å². The Morgan fingerprint density at radius 3 is 2.25 bits per heavy atom. The maximum absolute atomic E-state index is 6.42. The third-order valence-electron chi connectivity index (χ3n) is 3.59. The highest BCUT2D eigenvalue weighted by atomic mass is 35.5. The van der Waals surface area contributed by atoms with Crippen LogP contribution in [0.25, 0.3) is 0 Å². The molecule has 0 saturated heterocycles. The molecule has 0 aliphatic heterocycles. The van der Waals surface area contributed by atoms with Crippen molar-refractivity contribution in [3.05, 3.63) is 21.3 Å². The van der Waals surface area contributed by atoms with Gasteiger partial charge in [-0.1, -0.05) is 25.4 Å². The Hall–Kier alpha value is -0.0900. The van der Waals surface area contributed by atoms with Gasteiger partial charge in [-0.25, -0.2) is 0 Å². The van der Waals surface area contributed by atoms with Crippen LogP contribution >= 0.6 is 22.9 Å². The van der Waals surface area contributed by atoms with E-state index >= 15 is 0 Å². The number of halogens is 1. The Balaban J connectivity index is 3.04. The summed E-state index contributed by atoms with van der Waals surface area (Å²) < 4.78 is 0.810. The van der Waals surface area contributed by atoms with Crippen molar-refractivity contribution in [1.29, 1.82) is 0 Å². The predicted molar refractivity (Wildman–Crippen MR) is 73.3 cm³/mol. The normalized spacial score (nSPS) is 14.4. The van der Waals surface area contributed by atoms with Crippen LogP contribution in [-0.4, -0.2) is 24.5 Å². The minimum Gasteiger partial charge on any atom is -0.322 e. The number of likely N-dealkylation sites (N-methyl/N-ethyl adjacent to an activating group) is 1. The first-order valence-electron chi connectivity index (χ1n) is 5.66. The molecule has 16 heavy (non-hydrogen) atoms. The first-order valence-corrected chi connectivity index (χ1v) is 6.85. The van der Waals surface area contributed by atoms with Gasteiger partial charge in [0.05, 0.1) is 10.4 Å². The zero-order chi connectivity index (χ0) is 12.3. The topological polar surface area (TPSA) is 29.3 Å². The molecule has 0 bridgehead atoms. The highest BCUT2D eigenvalue weighted by molar-refractivity contribution is 7.16. The van der Waals surface area contributed by atoms with Gasteiger partial charge >= 0.3 is 0 Å². The average Bonchev–Trinajstić information content (AvgIpc) is 2.66. The van der Waals surface area contributed by atoms with Crippen LogP contribution in [0.2, 0.25) is 4.34 Å². The lowest BCUT2D eigenvalue weighted by atomic mass is 9.83. The maximum atomic E-state index is 6.42. The molecule has 2 nitrogen and oxygen atoms in total. The summed E-state index contributed by atoms with van der Waals surface area (Å²) in [5.41, 5.74) is 6.44. The van der Waals surface area contributed by atoms with E-state index in [2.05, 4.69) is 32.8 Å². The van der Waals surface area contributed by atoms with E-state index < -0.39 is 0 Å². The van der Waals surface area contributed by atoms with Gasteiger partial charge in [-0.15, -0.1) is 11.3 Å². The molecule has 0 aliphatic rings. The Bertz CT molecular complexity index is 332. The third kappa shape index (κ3) is 2.43. The minimum absolute atomic E-state index is 0.0220. The average molecular weight is 261 g/mol. The molecular weight excluding hydrogens is 240 g/mol. The molecule has 1 atom stereocenters. The maximum Gasteiger partial charge on any atom is 0.0931 e. The van der Waals surface area contributed by atoms with Gasteiger partial charge in [-0.05, 0) is 39.1 Å². The molecule has 1 aromatic heterocycles. The van der Waals surface area contributed by atoms with Crippen molar-refractivity contribution in [2.45, 2.75) is 38.3 Å². The molecule has 0 saturated carbocycles. The van der Waals surface area contributed by atoms with Crippen LogP contribution in [0.3, 0.4) is 0 Å². The van der Waals surface area contributed by atoms with Crippen molar-refractivity contribution in [1.82, 2.24) is 4.90 Å². The summed E-state index contributed by atoms with van der Waals surface area (Å²) in [5.74, 6) is 0. The van der Waals surface area contributed by atoms with Crippen LogP contribution in [0, 0.1) is 0 Å². The molecule has 1 heterocycles. The number of rotatable bonds is 5. The molecule has 0 spiro atoms. The molecule has 0 aromatic carbocycles. The van der Waals surface area contributed by atoms with Crippen molar-refractivity contribution in [3.8, 4) is 0 Å². The van der Waals surface area contributed by atoms with Gasteiger partial charge in [0, 0.05) is 10.4 Å². The first kappa shape index (κ1) is 14.0. The molecule has 0 amide bonds. The number of hydrogen-bond acceptors (Lipinski definition) is 3. The largest absolute Gasteiger partial charge is 0.322 e. The molecule has 1 rings (SSSR count). The summed E-state index contributed by atoms with van der Waals surface area (Å²) in [4.78, 5) is 3.41. The fraction of sp³-hybridized carbons (Fsp3) is 0.667. The van der Waals surface area contributed by atoms with Gasteiger partial charge in [0.25, 0.3) is 0 Å². The van der Waals surface area contributed by atoms with E-state index in [1.807, 2.05) is 12.1 Å². The number of nitrogens with zero attached hydrogens (tertiary/aromatic N) is 1. The molecule has 0 radical (unpaired) electrons. The number of thiophene rings is 1. The zero-order valence-corrected chi connectivity index (χ0v) is 12.0. The smallest absolute Gasteiger partial charge is 0.0931 e. The predicted octanol–water partition coefficient (Wildman–Crippen LogP) is 3.52.